The highest BCUT2D eigenvalue weighted by atomic mass is 14.9. The molecule has 0 radical (unpaired) electrons. The first-order valence-corrected chi connectivity index (χ1v) is 4.40. The molecule has 0 bridgehead atoms. The molecule has 1 saturated heterocycles. The van der Waals surface area contributed by atoms with Gasteiger partial charge in [0.2, 0.25) is 0 Å². The molecule has 1 nitrogen and oxygen atoms in total. The van der Waals surface area contributed by atoms with Gasteiger partial charge in [-0.2, -0.15) is 0 Å². The maximum absolute atomic E-state index is 3.47. The normalized spacial score (nSPS) is 41.7. The lowest BCUT2D eigenvalue weighted by Crippen LogP contribution is -2.40. The van der Waals surface area contributed by atoms with E-state index in [2.05, 4.69) is 26.1 Å². The van der Waals surface area contributed by atoms with Gasteiger partial charge in [-0.15, -0.1) is 0 Å². The van der Waals surface area contributed by atoms with Crippen LogP contribution in [0.25, 0.3) is 0 Å². The molecule has 2 atom stereocenters. The molecule has 0 saturated carbocycles. The predicted molar refractivity (Wildman–Crippen MR) is 45.1 cm³/mol. The molecule has 60 valence electrons. The zero-order valence-electron chi connectivity index (χ0n) is 7.41. The summed E-state index contributed by atoms with van der Waals surface area (Å²) in [6.07, 6.45) is 4.04. The molecule has 1 rings (SSSR count). The molecule has 0 aromatic heterocycles. The molecule has 0 aliphatic carbocycles. The SMILES string of the molecule is CCC1(C)CCNC(C)C1. The Labute approximate surface area is 64.2 Å². The highest BCUT2D eigenvalue weighted by Gasteiger charge is 2.27. The Morgan fingerprint density at radius 3 is 2.70 bits per heavy atom. The van der Waals surface area contributed by atoms with Crippen LogP contribution in [0.4, 0.5) is 0 Å². The van der Waals surface area contributed by atoms with Crippen molar-refractivity contribution < 1.29 is 0 Å². The van der Waals surface area contributed by atoms with Gasteiger partial charge in [0.05, 0.1) is 0 Å². The summed E-state index contributed by atoms with van der Waals surface area (Å²) in [5.74, 6) is 0. The summed E-state index contributed by atoms with van der Waals surface area (Å²) in [6.45, 7) is 8.21. The quantitative estimate of drug-likeness (QED) is 0.590. The fraction of sp³-hybridized carbons (Fsp3) is 1.00. The topological polar surface area (TPSA) is 12.0 Å². The number of nitrogens with one attached hydrogen (secondary N) is 1. The first-order chi connectivity index (χ1) is 4.66. The fourth-order valence-corrected chi connectivity index (χ4v) is 1.85. The standard InChI is InChI=1S/C9H19N/c1-4-9(3)5-6-10-8(2)7-9/h8,10H,4-7H2,1-3H3. The monoisotopic (exact) mass is 141 g/mol. The summed E-state index contributed by atoms with van der Waals surface area (Å²) in [5.41, 5.74) is 0.630. The van der Waals surface area contributed by atoms with E-state index in [4.69, 9.17) is 0 Å². The maximum Gasteiger partial charge on any atom is 0.00439 e. The minimum Gasteiger partial charge on any atom is -0.314 e. The third-order valence-electron chi connectivity index (χ3n) is 2.87. The lowest BCUT2D eigenvalue weighted by Gasteiger charge is -2.36. The van der Waals surface area contributed by atoms with E-state index >= 15 is 0 Å². The van der Waals surface area contributed by atoms with Crippen molar-refractivity contribution in [2.45, 2.75) is 46.1 Å². The molecule has 1 N–H and O–H groups in total. The van der Waals surface area contributed by atoms with Crippen LogP contribution >= 0.6 is 0 Å². The zero-order chi connectivity index (χ0) is 7.61. The van der Waals surface area contributed by atoms with Crippen LogP contribution in [0.5, 0.6) is 0 Å². The summed E-state index contributed by atoms with van der Waals surface area (Å²) in [7, 11) is 0. The smallest absolute Gasteiger partial charge is 0.00439 e. The summed E-state index contributed by atoms with van der Waals surface area (Å²) >= 11 is 0. The molecule has 0 aromatic rings. The second-order valence-electron chi connectivity index (χ2n) is 3.97. The number of hydrogen-bond acceptors (Lipinski definition) is 1. The van der Waals surface area contributed by atoms with Crippen LogP contribution in [-0.4, -0.2) is 12.6 Å². The van der Waals surface area contributed by atoms with E-state index in [-0.39, 0.29) is 0 Å². The van der Waals surface area contributed by atoms with Crippen molar-refractivity contribution in [2.24, 2.45) is 5.41 Å². The van der Waals surface area contributed by atoms with Crippen LogP contribution < -0.4 is 5.32 Å². The van der Waals surface area contributed by atoms with Crippen molar-refractivity contribution in [3.05, 3.63) is 0 Å². The Morgan fingerprint density at radius 1 is 1.60 bits per heavy atom. The minimum absolute atomic E-state index is 0.630. The number of hydrogen-bond donors (Lipinski definition) is 1. The van der Waals surface area contributed by atoms with E-state index in [0.717, 1.165) is 6.04 Å². The number of rotatable bonds is 1. The Bertz CT molecular complexity index is 111. The van der Waals surface area contributed by atoms with Crippen LogP contribution in [0, 0.1) is 5.41 Å². The van der Waals surface area contributed by atoms with Crippen LogP contribution in [0.15, 0.2) is 0 Å². The van der Waals surface area contributed by atoms with Crippen LogP contribution in [0.3, 0.4) is 0 Å². The largest absolute Gasteiger partial charge is 0.314 e. The maximum atomic E-state index is 3.47. The van der Waals surface area contributed by atoms with Gasteiger partial charge >= 0.3 is 0 Å². The van der Waals surface area contributed by atoms with Gasteiger partial charge in [0.1, 0.15) is 0 Å². The van der Waals surface area contributed by atoms with E-state index in [1.54, 1.807) is 0 Å². The lowest BCUT2D eigenvalue weighted by atomic mass is 9.76. The Morgan fingerprint density at radius 2 is 2.30 bits per heavy atom. The second-order valence-corrected chi connectivity index (χ2v) is 3.97. The van der Waals surface area contributed by atoms with Gasteiger partial charge in [0.15, 0.2) is 0 Å². The zero-order valence-corrected chi connectivity index (χ0v) is 7.41. The second kappa shape index (κ2) is 2.91. The van der Waals surface area contributed by atoms with Gasteiger partial charge in [-0.3, -0.25) is 0 Å². The molecule has 10 heavy (non-hydrogen) atoms. The van der Waals surface area contributed by atoms with Crippen molar-refractivity contribution in [1.82, 2.24) is 5.32 Å². The van der Waals surface area contributed by atoms with E-state index < -0.39 is 0 Å². The van der Waals surface area contributed by atoms with Crippen molar-refractivity contribution in [1.29, 1.82) is 0 Å². The average Bonchev–Trinajstić information content (AvgIpc) is 1.88. The van der Waals surface area contributed by atoms with Gasteiger partial charge in [-0.25, -0.2) is 0 Å². The summed E-state index contributed by atoms with van der Waals surface area (Å²) in [4.78, 5) is 0. The first kappa shape index (κ1) is 8.06. The van der Waals surface area contributed by atoms with E-state index in [9.17, 15) is 0 Å². The van der Waals surface area contributed by atoms with Crippen LogP contribution in [-0.2, 0) is 0 Å². The van der Waals surface area contributed by atoms with Gasteiger partial charge in [0.25, 0.3) is 0 Å². The molecule has 0 amide bonds. The summed E-state index contributed by atoms with van der Waals surface area (Å²) in [5, 5.41) is 3.47. The van der Waals surface area contributed by atoms with E-state index in [0.29, 0.717) is 5.41 Å². The highest BCUT2D eigenvalue weighted by molar-refractivity contribution is 4.83. The molecule has 1 heteroatoms. The summed E-state index contributed by atoms with van der Waals surface area (Å²) < 4.78 is 0. The molecular weight excluding hydrogens is 122 g/mol. The third kappa shape index (κ3) is 1.72. The highest BCUT2D eigenvalue weighted by Crippen LogP contribution is 2.33. The van der Waals surface area contributed by atoms with Crippen molar-refractivity contribution >= 4 is 0 Å². The van der Waals surface area contributed by atoms with Gasteiger partial charge in [-0.1, -0.05) is 20.3 Å². The Balaban J connectivity index is 2.45. The van der Waals surface area contributed by atoms with Crippen molar-refractivity contribution in [3.63, 3.8) is 0 Å². The Hall–Kier alpha value is -0.0400. The molecule has 1 aliphatic rings. The molecule has 1 aliphatic heterocycles. The lowest BCUT2D eigenvalue weighted by molar-refractivity contribution is 0.186. The molecular formula is C9H19N. The van der Waals surface area contributed by atoms with Gasteiger partial charge < -0.3 is 5.32 Å². The molecule has 1 heterocycles. The summed E-state index contributed by atoms with van der Waals surface area (Å²) in [6, 6.07) is 0.735. The Kier molecular flexibility index (Phi) is 2.35. The van der Waals surface area contributed by atoms with Gasteiger partial charge in [0, 0.05) is 6.04 Å². The molecule has 1 fully saturated rings. The van der Waals surface area contributed by atoms with Crippen molar-refractivity contribution in [2.75, 3.05) is 6.54 Å². The van der Waals surface area contributed by atoms with Crippen LogP contribution in [0.1, 0.15) is 40.0 Å². The third-order valence-corrected chi connectivity index (χ3v) is 2.87. The molecule has 2 unspecified atom stereocenters. The van der Waals surface area contributed by atoms with Crippen molar-refractivity contribution in [3.8, 4) is 0 Å². The van der Waals surface area contributed by atoms with E-state index in [1.165, 1.54) is 25.8 Å². The fourth-order valence-electron chi connectivity index (χ4n) is 1.85. The average molecular weight is 141 g/mol. The first-order valence-electron chi connectivity index (χ1n) is 4.40. The van der Waals surface area contributed by atoms with Gasteiger partial charge in [-0.05, 0) is 31.7 Å². The van der Waals surface area contributed by atoms with Crippen LogP contribution in [0.2, 0.25) is 0 Å². The number of piperidine rings is 1. The minimum atomic E-state index is 0.630. The molecule has 0 spiro atoms. The predicted octanol–water partition coefficient (Wildman–Crippen LogP) is 2.17. The van der Waals surface area contributed by atoms with E-state index in [1.807, 2.05) is 0 Å². The molecule has 0 aromatic carbocycles.